The second kappa shape index (κ2) is 5.09. The molecule has 0 radical (unpaired) electrons. The minimum atomic E-state index is -3.85. The molecule has 4 nitrogen and oxygen atoms in total. The zero-order chi connectivity index (χ0) is 14.1. The summed E-state index contributed by atoms with van der Waals surface area (Å²) in [6.07, 6.45) is 4.70. The van der Waals surface area contributed by atoms with Crippen molar-refractivity contribution in [3.63, 3.8) is 0 Å². The van der Waals surface area contributed by atoms with Gasteiger partial charge < -0.3 is 5.32 Å². The third-order valence-corrected chi connectivity index (χ3v) is 4.70. The molecule has 19 heavy (non-hydrogen) atoms. The molecule has 0 aliphatic heterocycles. The summed E-state index contributed by atoms with van der Waals surface area (Å²) in [6.45, 7) is 2.88. The number of benzene rings is 1. The highest BCUT2D eigenvalue weighted by Gasteiger charge is 2.28. The van der Waals surface area contributed by atoms with E-state index in [-0.39, 0.29) is 10.3 Å². The molecule has 0 spiro atoms. The van der Waals surface area contributed by atoms with E-state index in [9.17, 15) is 12.8 Å². The van der Waals surface area contributed by atoms with E-state index in [4.69, 9.17) is 5.14 Å². The van der Waals surface area contributed by atoms with Crippen molar-refractivity contribution in [3.8, 4) is 0 Å². The summed E-state index contributed by atoms with van der Waals surface area (Å²) in [6, 6.07) is 3.69. The van der Waals surface area contributed by atoms with Crippen LogP contribution < -0.4 is 10.5 Å². The van der Waals surface area contributed by atoms with Crippen molar-refractivity contribution in [2.75, 3.05) is 11.9 Å². The molecule has 1 saturated carbocycles. The molecule has 0 saturated heterocycles. The lowest BCUT2D eigenvalue weighted by Gasteiger charge is -2.24. The van der Waals surface area contributed by atoms with Crippen LogP contribution in [-0.4, -0.2) is 15.0 Å². The Balaban J connectivity index is 2.09. The van der Waals surface area contributed by atoms with Gasteiger partial charge in [-0.1, -0.05) is 19.8 Å². The first-order valence-electron chi connectivity index (χ1n) is 6.36. The average molecular weight is 286 g/mol. The van der Waals surface area contributed by atoms with Crippen LogP contribution in [0.5, 0.6) is 0 Å². The highest BCUT2D eigenvalue weighted by atomic mass is 32.2. The molecule has 1 aliphatic carbocycles. The maximum Gasteiger partial charge on any atom is 0.238 e. The fourth-order valence-electron chi connectivity index (χ4n) is 2.53. The van der Waals surface area contributed by atoms with Crippen molar-refractivity contribution in [2.24, 2.45) is 10.6 Å². The van der Waals surface area contributed by atoms with Gasteiger partial charge in [0.15, 0.2) is 0 Å². The third kappa shape index (κ3) is 3.45. The van der Waals surface area contributed by atoms with Crippen LogP contribution in [0.25, 0.3) is 0 Å². The van der Waals surface area contributed by atoms with Gasteiger partial charge in [-0.3, -0.25) is 0 Å². The van der Waals surface area contributed by atoms with Crippen molar-refractivity contribution in [2.45, 2.75) is 37.5 Å². The molecule has 6 heteroatoms. The predicted octanol–water partition coefficient (Wildman–Crippen LogP) is 2.47. The lowest BCUT2D eigenvalue weighted by Crippen LogP contribution is -2.23. The highest BCUT2D eigenvalue weighted by molar-refractivity contribution is 7.89. The van der Waals surface area contributed by atoms with Gasteiger partial charge in [-0.15, -0.1) is 0 Å². The Hall–Kier alpha value is -1.14. The van der Waals surface area contributed by atoms with Gasteiger partial charge in [0.1, 0.15) is 5.82 Å². The van der Waals surface area contributed by atoms with Crippen LogP contribution >= 0.6 is 0 Å². The Kier molecular flexibility index (Phi) is 3.82. The number of anilines is 1. The van der Waals surface area contributed by atoms with Crippen molar-refractivity contribution < 1.29 is 12.8 Å². The summed E-state index contributed by atoms with van der Waals surface area (Å²) in [5.74, 6) is -0.590. The smallest absolute Gasteiger partial charge is 0.238 e. The fraction of sp³-hybridized carbons (Fsp3) is 0.538. The number of nitrogens with one attached hydrogen (secondary N) is 1. The standard InChI is InChI=1S/C13H19FN2O2S/c1-13(6-2-3-7-13)9-16-12-5-4-10(8-11(12)14)19(15,17)18/h4-5,8,16H,2-3,6-7,9H2,1H3,(H2,15,17,18). The molecular weight excluding hydrogens is 267 g/mol. The quantitative estimate of drug-likeness (QED) is 0.893. The second-order valence-electron chi connectivity index (χ2n) is 5.56. The molecule has 0 unspecified atom stereocenters. The van der Waals surface area contributed by atoms with Crippen LogP contribution in [0.15, 0.2) is 23.1 Å². The van der Waals surface area contributed by atoms with E-state index in [1.165, 1.54) is 25.0 Å². The fourth-order valence-corrected chi connectivity index (χ4v) is 3.06. The zero-order valence-corrected chi connectivity index (χ0v) is 11.8. The molecule has 3 N–H and O–H groups in total. The second-order valence-corrected chi connectivity index (χ2v) is 7.12. The molecule has 0 aromatic heterocycles. The van der Waals surface area contributed by atoms with E-state index in [2.05, 4.69) is 12.2 Å². The molecule has 0 atom stereocenters. The summed E-state index contributed by atoms with van der Waals surface area (Å²) >= 11 is 0. The summed E-state index contributed by atoms with van der Waals surface area (Å²) in [5.41, 5.74) is 0.519. The van der Waals surface area contributed by atoms with Gasteiger partial charge in [-0.2, -0.15) is 0 Å². The predicted molar refractivity (Wildman–Crippen MR) is 72.8 cm³/mol. The van der Waals surface area contributed by atoms with Crippen molar-refractivity contribution >= 4 is 15.7 Å². The lowest BCUT2D eigenvalue weighted by atomic mass is 9.89. The Labute approximate surface area is 113 Å². The van der Waals surface area contributed by atoms with Gasteiger partial charge in [0, 0.05) is 6.54 Å². The zero-order valence-electron chi connectivity index (χ0n) is 10.9. The van der Waals surface area contributed by atoms with Crippen molar-refractivity contribution in [1.82, 2.24) is 0 Å². The van der Waals surface area contributed by atoms with Gasteiger partial charge in [-0.05, 0) is 36.5 Å². The van der Waals surface area contributed by atoms with Gasteiger partial charge >= 0.3 is 0 Å². The third-order valence-electron chi connectivity index (χ3n) is 3.79. The van der Waals surface area contributed by atoms with Crippen molar-refractivity contribution in [3.05, 3.63) is 24.0 Å². The first-order valence-corrected chi connectivity index (χ1v) is 7.91. The summed E-state index contributed by atoms with van der Waals surface area (Å²) < 4.78 is 36.0. The largest absolute Gasteiger partial charge is 0.382 e. The van der Waals surface area contributed by atoms with Crippen LogP contribution in [0.1, 0.15) is 32.6 Å². The summed E-state index contributed by atoms with van der Waals surface area (Å²) in [4.78, 5) is -0.206. The number of nitrogens with two attached hydrogens (primary N) is 1. The average Bonchev–Trinajstić information content (AvgIpc) is 2.74. The minimum absolute atomic E-state index is 0.199. The monoisotopic (exact) mass is 286 g/mol. The van der Waals surface area contributed by atoms with Crippen LogP contribution in [0.2, 0.25) is 0 Å². The number of halogens is 1. The van der Waals surface area contributed by atoms with E-state index >= 15 is 0 Å². The van der Waals surface area contributed by atoms with Crippen LogP contribution in [-0.2, 0) is 10.0 Å². The number of hydrogen-bond acceptors (Lipinski definition) is 3. The molecule has 0 amide bonds. The Bertz CT molecular complexity index is 566. The highest BCUT2D eigenvalue weighted by Crippen LogP contribution is 2.37. The van der Waals surface area contributed by atoms with Crippen LogP contribution in [0.4, 0.5) is 10.1 Å². The molecular formula is C13H19FN2O2S. The normalized spacial score (nSPS) is 18.5. The number of hydrogen-bond donors (Lipinski definition) is 2. The summed E-state index contributed by atoms with van der Waals surface area (Å²) in [5, 5.41) is 8.02. The maximum absolute atomic E-state index is 13.8. The molecule has 106 valence electrons. The minimum Gasteiger partial charge on any atom is -0.382 e. The Morgan fingerprint density at radius 1 is 1.37 bits per heavy atom. The topological polar surface area (TPSA) is 72.2 Å². The lowest BCUT2D eigenvalue weighted by molar-refractivity contribution is 0.361. The Morgan fingerprint density at radius 2 is 2.00 bits per heavy atom. The van der Waals surface area contributed by atoms with E-state index in [0.717, 1.165) is 18.9 Å². The van der Waals surface area contributed by atoms with Gasteiger partial charge in [0.05, 0.1) is 10.6 Å². The molecule has 1 fully saturated rings. The SMILES string of the molecule is CC1(CNc2ccc(S(N)(=O)=O)cc2F)CCCC1. The summed E-state index contributed by atoms with van der Waals surface area (Å²) in [7, 11) is -3.85. The van der Waals surface area contributed by atoms with E-state index < -0.39 is 15.8 Å². The van der Waals surface area contributed by atoms with E-state index in [1.807, 2.05) is 0 Å². The van der Waals surface area contributed by atoms with Crippen LogP contribution in [0, 0.1) is 11.2 Å². The van der Waals surface area contributed by atoms with Crippen LogP contribution in [0.3, 0.4) is 0 Å². The van der Waals surface area contributed by atoms with Gasteiger partial charge in [0.25, 0.3) is 0 Å². The number of sulfonamides is 1. The maximum atomic E-state index is 13.8. The molecule has 1 aromatic carbocycles. The number of primary sulfonamides is 1. The van der Waals surface area contributed by atoms with Crippen molar-refractivity contribution in [1.29, 1.82) is 0 Å². The molecule has 0 bridgehead atoms. The number of rotatable bonds is 4. The molecule has 0 heterocycles. The molecule has 1 aromatic rings. The van der Waals surface area contributed by atoms with E-state index in [0.29, 0.717) is 12.2 Å². The van der Waals surface area contributed by atoms with Gasteiger partial charge in [0.2, 0.25) is 10.0 Å². The first-order chi connectivity index (χ1) is 8.80. The van der Waals surface area contributed by atoms with Gasteiger partial charge in [-0.25, -0.2) is 17.9 Å². The Morgan fingerprint density at radius 3 is 2.53 bits per heavy atom. The van der Waals surface area contributed by atoms with E-state index in [1.54, 1.807) is 0 Å². The molecule has 1 aliphatic rings. The first kappa shape index (κ1) is 14.3. The molecule has 2 rings (SSSR count).